The molecule has 0 saturated carbocycles. The SMILES string of the molecule is COc1cc(/C=C(\C#N)C(=O)N2CCCC2)ccc1OS(=O)(=O)c1ccc(C)c([N+](=O)[O-])c1. The van der Waals surface area contributed by atoms with Gasteiger partial charge in [0.05, 0.1) is 12.0 Å². The molecule has 1 saturated heterocycles. The third kappa shape index (κ3) is 5.30. The number of methoxy groups -OCH3 is 1. The molecule has 1 heterocycles. The van der Waals surface area contributed by atoms with Crippen molar-refractivity contribution in [3.8, 4) is 17.6 Å². The molecule has 0 aliphatic carbocycles. The number of benzene rings is 2. The number of hydrogen-bond donors (Lipinski definition) is 0. The van der Waals surface area contributed by atoms with Gasteiger partial charge in [0.2, 0.25) is 0 Å². The second-order valence-electron chi connectivity index (χ2n) is 7.32. The predicted molar refractivity (Wildman–Crippen MR) is 118 cm³/mol. The van der Waals surface area contributed by atoms with E-state index in [-0.39, 0.29) is 33.6 Å². The van der Waals surface area contributed by atoms with Crippen molar-refractivity contribution >= 4 is 27.8 Å². The lowest BCUT2D eigenvalue weighted by Crippen LogP contribution is -2.28. The van der Waals surface area contributed by atoms with E-state index in [0.29, 0.717) is 24.2 Å². The van der Waals surface area contributed by atoms with Crippen molar-refractivity contribution in [3.05, 3.63) is 63.2 Å². The zero-order valence-corrected chi connectivity index (χ0v) is 18.8. The van der Waals surface area contributed by atoms with Gasteiger partial charge >= 0.3 is 10.1 Å². The van der Waals surface area contributed by atoms with Crippen LogP contribution in [0.4, 0.5) is 5.69 Å². The van der Waals surface area contributed by atoms with Crippen molar-refractivity contribution in [2.75, 3.05) is 20.2 Å². The fraction of sp³-hybridized carbons (Fsp3) is 0.273. The van der Waals surface area contributed by atoms with Gasteiger partial charge in [-0.2, -0.15) is 13.7 Å². The predicted octanol–water partition coefficient (Wildman–Crippen LogP) is 3.21. The minimum Gasteiger partial charge on any atom is -0.493 e. The zero-order valence-electron chi connectivity index (χ0n) is 18.0. The number of nitrogens with zero attached hydrogens (tertiary/aromatic N) is 3. The summed E-state index contributed by atoms with van der Waals surface area (Å²) >= 11 is 0. The van der Waals surface area contributed by atoms with Gasteiger partial charge in [-0.3, -0.25) is 14.9 Å². The van der Waals surface area contributed by atoms with Crippen molar-refractivity contribution in [3.63, 3.8) is 0 Å². The van der Waals surface area contributed by atoms with Crippen molar-refractivity contribution in [1.29, 1.82) is 5.26 Å². The monoisotopic (exact) mass is 471 g/mol. The summed E-state index contributed by atoms with van der Waals surface area (Å²) in [5, 5.41) is 20.5. The highest BCUT2D eigenvalue weighted by atomic mass is 32.2. The smallest absolute Gasteiger partial charge is 0.339 e. The third-order valence-electron chi connectivity index (χ3n) is 5.11. The zero-order chi connectivity index (χ0) is 24.2. The Bertz CT molecular complexity index is 1270. The largest absolute Gasteiger partial charge is 0.493 e. The Morgan fingerprint density at radius 2 is 1.88 bits per heavy atom. The Morgan fingerprint density at radius 3 is 2.48 bits per heavy atom. The van der Waals surface area contributed by atoms with Crippen LogP contribution in [0.25, 0.3) is 6.08 Å². The molecule has 0 radical (unpaired) electrons. The lowest BCUT2D eigenvalue weighted by molar-refractivity contribution is -0.385. The maximum absolute atomic E-state index is 12.7. The van der Waals surface area contributed by atoms with Gasteiger partial charge in [-0.05, 0) is 49.6 Å². The molecule has 0 aromatic heterocycles. The van der Waals surface area contributed by atoms with Gasteiger partial charge in [-0.1, -0.05) is 12.1 Å². The minimum absolute atomic E-state index is 0.0415. The van der Waals surface area contributed by atoms with Crippen LogP contribution >= 0.6 is 0 Å². The topological polar surface area (TPSA) is 140 Å². The average Bonchev–Trinajstić information content (AvgIpc) is 3.32. The molecule has 2 aromatic rings. The van der Waals surface area contributed by atoms with Gasteiger partial charge in [0.15, 0.2) is 11.5 Å². The lowest BCUT2D eigenvalue weighted by Gasteiger charge is -2.14. The number of ether oxygens (including phenoxy) is 1. The number of carbonyl (C=O) groups excluding carboxylic acids is 1. The first-order valence-electron chi connectivity index (χ1n) is 9.95. The molecule has 172 valence electrons. The highest BCUT2D eigenvalue weighted by molar-refractivity contribution is 7.87. The van der Waals surface area contributed by atoms with Gasteiger partial charge in [0.1, 0.15) is 16.5 Å². The average molecular weight is 471 g/mol. The molecular weight excluding hydrogens is 450 g/mol. The van der Waals surface area contributed by atoms with Gasteiger partial charge in [-0.15, -0.1) is 0 Å². The fourth-order valence-electron chi connectivity index (χ4n) is 3.35. The van der Waals surface area contributed by atoms with Crippen LogP contribution in [-0.2, 0) is 14.9 Å². The maximum Gasteiger partial charge on any atom is 0.339 e. The van der Waals surface area contributed by atoms with E-state index in [4.69, 9.17) is 8.92 Å². The first-order chi connectivity index (χ1) is 15.7. The molecule has 3 rings (SSSR count). The van der Waals surface area contributed by atoms with E-state index in [1.54, 1.807) is 4.90 Å². The highest BCUT2D eigenvalue weighted by Gasteiger charge is 2.24. The Balaban J connectivity index is 1.90. The standard InChI is InChI=1S/C22H21N3O7S/c1-15-5-7-18(13-19(15)25(27)28)33(29,30)32-20-8-6-16(12-21(20)31-2)11-17(14-23)22(26)24-9-3-4-10-24/h5-8,11-13H,3-4,9-10H2,1-2H3/b17-11+. The van der Waals surface area contributed by atoms with Crippen LogP contribution in [0, 0.1) is 28.4 Å². The van der Waals surface area contributed by atoms with Crippen LogP contribution in [0.1, 0.15) is 24.0 Å². The number of likely N-dealkylation sites (tertiary alicyclic amines) is 1. The number of aryl methyl sites for hydroxylation is 1. The minimum atomic E-state index is -4.40. The molecule has 0 bridgehead atoms. The molecule has 1 amide bonds. The van der Waals surface area contributed by atoms with E-state index in [1.165, 1.54) is 50.4 Å². The Kier molecular flexibility index (Phi) is 6.98. The molecule has 0 N–H and O–H groups in total. The first-order valence-corrected chi connectivity index (χ1v) is 11.4. The van der Waals surface area contributed by atoms with Crippen molar-refractivity contribution < 1.29 is 27.1 Å². The normalized spacial score (nSPS) is 14.0. The molecule has 0 spiro atoms. The second kappa shape index (κ2) is 9.70. The Labute approximate surface area is 190 Å². The summed E-state index contributed by atoms with van der Waals surface area (Å²) in [4.78, 5) is 24.2. The summed E-state index contributed by atoms with van der Waals surface area (Å²) in [6.07, 6.45) is 3.18. The molecular formula is C22H21N3O7S. The second-order valence-corrected chi connectivity index (χ2v) is 8.87. The number of amides is 1. The van der Waals surface area contributed by atoms with Gasteiger partial charge in [0.25, 0.3) is 11.6 Å². The first kappa shape index (κ1) is 23.7. The van der Waals surface area contributed by atoms with E-state index in [9.17, 15) is 28.6 Å². The van der Waals surface area contributed by atoms with E-state index >= 15 is 0 Å². The Hall–Kier alpha value is -3.91. The van der Waals surface area contributed by atoms with Gasteiger partial charge in [0, 0.05) is 24.7 Å². The van der Waals surface area contributed by atoms with E-state index in [0.717, 1.165) is 18.9 Å². The number of nitriles is 1. The van der Waals surface area contributed by atoms with Gasteiger partial charge < -0.3 is 13.8 Å². The number of nitro benzene ring substituents is 1. The molecule has 1 aliphatic rings. The Morgan fingerprint density at radius 1 is 1.18 bits per heavy atom. The lowest BCUT2D eigenvalue weighted by atomic mass is 10.1. The van der Waals surface area contributed by atoms with Crippen LogP contribution in [0.3, 0.4) is 0 Å². The summed E-state index contributed by atoms with van der Waals surface area (Å²) < 4.78 is 35.8. The molecule has 10 nitrogen and oxygen atoms in total. The fourth-order valence-corrected chi connectivity index (χ4v) is 4.31. The van der Waals surface area contributed by atoms with Crippen LogP contribution in [0.15, 0.2) is 46.9 Å². The molecule has 1 fully saturated rings. The molecule has 11 heteroatoms. The molecule has 0 atom stereocenters. The maximum atomic E-state index is 12.7. The van der Waals surface area contributed by atoms with E-state index < -0.39 is 15.0 Å². The molecule has 2 aromatic carbocycles. The number of nitro groups is 1. The number of hydrogen-bond acceptors (Lipinski definition) is 8. The molecule has 33 heavy (non-hydrogen) atoms. The molecule has 0 unspecified atom stereocenters. The van der Waals surface area contributed by atoms with E-state index in [2.05, 4.69) is 0 Å². The van der Waals surface area contributed by atoms with Crippen LogP contribution in [0.2, 0.25) is 0 Å². The molecule has 1 aliphatic heterocycles. The summed E-state index contributed by atoms with van der Waals surface area (Å²) in [6.45, 7) is 2.70. The quantitative estimate of drug-likeness (QED) is 0.197. The van der Waals surface area contributed by atoms with Crippen LogP contribution < -0.4 is 8.92 Å². The summed E-state index contributed by atoms with van der Waals surface area (Å²) in [5.74, 6) is -0.472. The van der Waals surface area contributed by atoms with Crippen LogP contribution in [-0.4, -0.2) is 44.3 Å². The summed E-state index contributed by atoms with van der Waals surface area (Å²) in [5.41, 5.74) is 0.349. The van der Waals surface area contributed by atoms with Crippen molar-refractivity contribution in [2.24, 2.45) is 0 Å². The third-order valence-corrected chi connectivity index (χ3v) is 6.34. The summed E-state index contributed by atoms with van der Waals surface area (Å²) in [7, 11) is -3.09. The van der Waals surface area contributed by atoms with Crippen molar-refractivity contribution in [1.82, 2.24) is 4.90 Å². The number of carbonyl (C=O) groups is 1. The number of rotatable bonds is 7. The van der Waals surface area contributed by atoms with Crippen molar-refractivity contribution in [2.45, 2.75) is 24.7 Å². The van der Waals surface area contributed by atoms with E-state index in [1.807, 2.05) is 6.07 Å². The van der Waals surface area contributed by atoms with Crippen LogP contribution in [0.5, 0.6) is 11.5 Å². The highest BCUT2D eigenvalue weighted by Crippen LogP contribution is 2.32. The summed E-state index contributed by atoms with van der Waals surface area (Å²) in [6, 6.07) is 9.58. The van der Waals surface area contributed by atoms with Gasteiger partial charge in [-0.25, -0.2) is 0 Å².